The van der Waals surface area contributed by atoms with E-state index in [4.69, 9.17) is 0 Å². The summed E-state index contributed by atoms with van der Waals surface area (Å²) in [6.07, 6.45) is 0. The number of pyridine rings is 1. The number of halogens is 1. The fraction of sp³-hybridized carbons (Fsp3) is 0.286. The molecular formula is C7H8FNO2S. The van der Waals surface area contributed by atoms with E-state index in [9.17, 15) is 12.3 Å². The van der Waals surface area contributed by atoms with Crippen molar-refractivity contribution in [2.45, 2.75) is 18.7 Å². The van der Waals surface area contributed by atoms with Crippen molar-refractivity contribution in [2.24, 2.45) is 0 Å². The maximum Gasteiger partial charge on any atom is 0.332 e. The third-order valence-corrected chi connectivity index (χ3v) is 2.14. The van der Waals surface area contributed by atoms with Crippen molar-refractivity contribution in [1.82, 2.24) is 4.98 Å². The molecule has 1 aromatic heterocycles. The molecule has 0 bridgehead atoms. The molecule has 1 rings (SSSR count). The van der Waals surface area contributed by atoms with Crippen LogP contribution in [0.25, 0.3) is 0 Å². The van der Waals surface area contributed by atoms with Crippen LogP contribution in [0, 0.1) is 13.8 Å². The van der Waals surface area contributed by atoms with Gasteiger partial charge in [0.15, 0.2) is 0 Å². The number of aromatic nitrogens is 1. The molecule has 0 N–H and O–H groups in total. The molecule has 0 unspecified atom stereocenters. The Morgan fingerprint density at radius 3 is 2.00 bits per heavy atom. The van der Waals surface area contributed by atoms with E-state index < -0.39 is 10.2 Å². The highest BCUT2D eigenvalue weighted by atomic mass is 32.3. The van der Waals surface area contributed by atoms with E-state index in [1.165, 1.54) is 12.1 Å². The smallest absolute Gasteiger partial charge is 0.258 e. The minimum atomic E-state index is -4.59. The number of aryl methyl sites for hydroxylation is 2. The Morgan fingerprint density at radius 2 is 1.67 bits per heavy atom. The summed E-state index contributed by atoms with van der Waals surface area (Å²) in [6, 6.07) is 2.39. The summed E-state index contributed by atoms with van der Waals surface area (Å²) in [5.41, 5.74) is 0.984. The van der Waals surface area contributed by atoms with E-state index in [0.717, 1.165) is 0 Å². The van der Waals surface area contributed by atoms with Crippen LogP contribution in [0.5, 0.6) is 0 Å². The van der Waals surface area contributed by atoms with Crippen molar-refractivity contribution in [3.63, 3.8) is 0 Å². The Balaban J connectivity index is 3.37. The SMILES string of the molecule is Cc1cc(S(=O)(=O)F)cc(C)n1. The summed E-state index contributed by atoms with van der Waals surface area (Å²) < 4.78 is 33.3. The van der Waals surface area contributed by atoms with E-state index in [2.05, 4.69) is 4.98 Å². The lowest BCUT2D eigenvalue weighted by Crippen LogP contribution is -1.95. The Morgan fingerprint density at radius 1 is 1.25 bits per heavy atom. The molecule has 0 aliphatic carbocycles. The zero-order chi connectivity index (χ0) is 9.35. The topological polar surface area (TPSA) is 47.0 Å². The molecule has 0 radical (unpaired) electrons. The number of hydrogen-bond donors (Lipinski definition) is 0. The summed E-state index contributed by atoms with van der Waals surface area (Å²) in [7, 11) is -4.59. The molecular weight excluding hydrogens is 181 g/mol. The van der Waals surface area contributed by atoms with Crippen LogP contribution in [-0.4, -0.2) is 13.4 Å². The fourth-order valence-electron chi connectivity index (χ4n) is 0.937. The van der Waals surface area contributed by atoms with Crippen LogP contribution in [-0.2, 0) is 10.2 Å². The first-order valence-corrected chi connectivity index (χ1v) is 4.68. The van der Waals surface area contributed by atoms with Crippen LogP contribution < -0.4 is 0 Å². The van der Waals surface area contributed by atoms with Crippen LogP contribution in [0.1, 0.15) is 11.4 Å². The van der Waals surface area contributed by atoms with E-state index in [1.807, 2.05) is 0 Å². The Hall–Kier alpha value is -0.970. The third-order valence-electron chi connectivity index (χ3n) is 1.34. The van der Waals surface area contributed by atoms with Gasteiger partial charge in [-0.25, -0.2) is 0 Å². The van der Waals surface area contributed by atoms with Gasteiger partial charge in [-0.3, -0.25) is 4.98 Å². The highest BCUT2D eigenvalue weighted by Crippen LogP contribution is 2.13. The monoisotopic (exact) mass is 189 g/mol. The average Bonchev–Trinajstić information content (AvgIpc) is 1.82. The molecule has 0 amide bonds. The standard InChI is InChI=1S/C7H8FNO2S/c1-5-3-7(12(8,10)11)4-6(2)9-5/h3-4H,1-2H3. The van der Waals surface area contributed by atoms with Gasteiger partial charge < -0.3 is 0 Å². The molecule has 0 aliphatic rings. The summed E-state index contributed by atoms with van der Waals surface area (Å²) >= 11 is 0. The molecule has 0 fully saturated rings. The van der Waals surface area contributed by atoms with Gasteiger partial charge in [-0.05, 0) is 26.0 Å². The van der Waals surface area contributed by atoms with Gasteiger partial charge in [0.25, 0.3) is 0 Å². The lowest BCUT2D eigenvalue weighted by atomic mass is 10.3. The van der Waals surface area contributed by atoms with Crippen molar-refractivity contribution >= 4 is 10.2 Å². The van der Waals surface area contributed by atoms with Gasteiger partial charge in [-0.2, -0.15) is 8.42 Å². The zero-order valence-corrected chi connectivity index (χ0v) is 7.52. The minimum Gasteiger partial charge on any atom is -0.258 e. The summed E-state index contributed by atoms with van der Waals surface area (Å²) in [5, 5.41) is 0. The third kappa shape index (κ3) is 2.01. The molecule has 5 heteroatoms. The van der Waals surface area contributed by atoms with Crippen LogP contribution in [0.2, 0.25) is 0 Å². The molecule has 66 valence electrons. The lowest BCUT2D eigenvalue weighted by molar-refractivity contribution is 0.551. The van der Waals surface area contributed by atoms with E-state index in [-0.39, 0.29) is 4.90 Å². The molecule has 0 saturated heterocycles. The number of nitrogens with zero attached hydrogens (tertiary/aromatic N) is 1. The predicted molar refractivity (Wildman–Crippen MR) is 42.0 cm³/mol. The number of rotatable bonds is 1. The Bertz CT molecular complexity index is 380. The van der Waals surface area contributed by atoms with Gasteiger partial charge in [0.2, 0.25) is 0 Å². The normalized spacial score (nSPS) is 11.6. The fourth-order valence-corrected chi connectivity index (χ4v) is 1.56. The lowest BCUT2D eigenvalue weighted by Gasteiger charge is -1.98. The predicted octanol–water partition coefficient (Wildman–Crippen LogP) is 1.36. The average molecular weight is 189 g/mol. The van der Waals surface area contributed by atoms with Crippen molar-refractivity contribution < 1.29 is 12.3 Å². The molecule has 0 aliphatic heterocycles. The Kier molecular flexibility index (Phi) is 2.14. The van der Waals surface area contributed by atoms with Crippen molar-refractivity contribution in [3.05, 3.63) is 23.5 Å². The maximum atomic E-state index is 12.4. The van der Waals surface area contributed by atoms with Crippen molar-refractivity contribution in [2.75, 3.05) is 0 Å². The second kappa shape index (κ2) is 2.82. The second-order valence-corrected chi connectivity index (χ2v) is 3.87. The van der Waals surface area contributed by atoms with Crippen LogP contribution >= 0.6 is 0 Å². The van der Waals surface area contributed by atoms with Crippen molar-refractivity contribution in [1.29, 1.82) is 0 Å². The van der Waals surface area contributed by atoms with Gasteiger partial charge in [0.05, 0.1) is 0 Å². The van der Waals surface area contributed by atoms with Crippen molar-refractivity contribution in [3.8, 4) is 0 Å². The first kappa shape index (κ1) is 9.12. The van der Waals surface area contributed by atoms with E-state index in [1.54, 1.807) is 13.8 Å². The number of hydrogen-bond acceptors (Lipinski definition) is 3. The largest absolute Gasteiger partial charge is 0.332 e. The Labute approximate surface area is 70.5 Å². The molecule has 12 heavy (non-hydrogen) atoms. The highest BCUT2D eigenvalue weighted by molar-refractivity contribution is 7.86. The quantitative estimate of drug-likeness (QED) is 0.626. The van der Waals surface area contributed by atoms with Gasteiger partial charge in [-0.15, -0.1) is 3.89 Å². The first-order chi connectivity index (χ1) is 5.39. The van der Waals surface area contributed by atoms with Crippen LogP contribution in [0.3, 0.4) is 0 Å². The summed E-state index contributed by atoms with van der Waals surface area (Å²) in [6.45, 7) is 3.23. The summed E-state index contributed by atoms with van der Waals surface area (Å²) in [4.78, 5) is 3.59. The molecule has 3 nitrogen and oxygen atoms in total. The molecule has 0 saturated carbocycles. The molecule has 0 spiro atoms. The van der Waals surface area contributed by atoms with Crippen LogP contribution in [0.4, 0.5) is 3.89 Å². The molecule has 1 aromatic rings. The molecule has 0 aromatic carbocycles. The molecule has 0 atom stereocenters. The summed E-state index contributed by atoms with van der Waals surface area (Å²) in [5.74, 6) is 0. The van der Waals surface area contributed by atoms with E-state index >= 15 is 0 Å². The zero-order valence-electron chi connectivity index (χ0n) is 6.70. The van der Waals surface area contributed by atoms with Gasteiger partial charge >= 0.3 is 10.2 Å². The van der Waals surface area contributed by atoms with Gasteiger partial charge in [0, 0.05) is 11.4 Å². The molecule has 1 heterocycles. The highest BCUT2D eigenvalue weighted by Gasteiger charge is 2.12. The van der Waals surface area contributed by atoms with E-state index in [0.29, 0.717) is 11.4 Å². The van der Waals surface area contributed by atoms with Crippen LogP contribution in [0.15, 0.2) is 17.0 Å². The minimum absolute atomic E-state index is 0.326. The van der Waals surface area contributed by atoms with Gasteiger partial charge in [0.1, 0.15) is 4.90 Å². The van der Waals surface area contributed by atoms with Gasteiger partial charge in [-0.1, -0.05) is 0 Å². The second-order valence-electron chi connectivity index (χ2n) is 2.52. The first-order valence-electron chi connectivity index (χ1n) is 3.29. The maximum absolute atomic E-state index is 12.4.